The second-order valence-electron chi connectivity index (χ2n) is 7.56. The zero-order valence-electron chi connectivity index (χ0n) is 16.6. The minimum atomic E-state index is 0. The quantitative estimate of drug-likeness (QED) is 0.455. The summed E-state index contributed by atoms with van der Waals surface area (Å²) in [6.07, 6.45) is 3.63. The van der Waals surface area contributed by atoms with Crippen LogP contribution in [0.5, 0.6) is 0 Å². The van der Waals surface area contributed by atoms with Crippen LogP contribution in [0.1, 0.15) is 36.3 Å². The monoisotopic (exact) mass is 485 g/mol. The highest BCUT2D eigenvalue weighted by Gasteiger charge is 2.22. The van der Waals surface area contributed by atoms with Gasteiger partial charge in [0.1, 0.15) is 0 Å². The predicted molar refractivity (Wildman–Crippen MR) is 125 cm³/mol. The minimum absolute atomic E-state index is 0. The van der Waals surface area contributed by atoms with E-state index in [1.165, 1.54) is 24.8 Å². The van der Waals surface area contributed by atoms with Crippen molar-refractivity contribution in [2.24, 2.45) is 0 Å². The number of benzene rings is 2. The Bertz CT molecular complexity index is 1010. The molecule has 4 rings (SSSR count). The Morgan fingerprint density at radius 3 is 2.77 bits per heavy atom. The van der Waals surface area contributed by atoms with Crippen molar-refractivity contribution in [2.75, 3.05) is 20.1 Å². The molecule has 160 valence electrons. The zero-order chi connectivity index (χ0) is 20.4. The Kier molecular flexibility index (Phi) is 7.99. The molecule has 0 bridgehead atoms. The maximum atomic E-state index is 6.40. The van der Waals surface area contributed by atoms with Crippen molar-refractivity contribution < 1.29 is 0 Å². The number of hydrogen-bond donors (Lipinski definition) is 0. The van der Waals surface area contributed by atoms with Gasteiger partial charge in [-0.25, -0.2) is 4.68 Å². The summed E-state index contributed by atoms with van der Waals surface area (Å²) in [5.41, 5.74) is 3.15. The highest BCUT2D eigenvalue weighted by atomic mass is 35.5. The fourth-order valence-corrected chi connectivity index (χ4v) is 4.62. The van der Waals surface area contributed by atoms with E-state index in [0.717, 1.165) is 18.7 Å². The van der Waals surface area contributed by atoms with Crippen molar-refractivity contribution >= 4 is 47.2 Å². The molecule has 3 aromatic rings. The third-order valence-electron chi connectivity index (χ3n) is 5.46. The van der Waals surface area contributed by atoms with Crippen LogP contribution in [0.2, 0.25) is 15.1 Å². The normalized spacial score (nSPS) is 17.4. The van der Waals surface area contributed by atoms with Crippen molar-refractivity contribution in [3.63, 3.8) is 0 Å². The average Bonchev–Trinajstić information content (AvgIpc) is 3.03. The summed E-state index contributed by atoms with van der Waals surface area (Å²) >= 11 is 18.9. The Labute approximate surface area is 197 Å². The first-order valence-corrected chi connectivity index (χ1v) is 10.8. The van der Waals surface area contributed by atoms with Crippen LogP contribution >= 0.6 is 47.2 Å². The molecule has 1 aliphatic heterocycles. The smallest absolute Gasteiger partial charge is 0.183 e. The predicted octanol–water partition coefficient (Wildman–Crippen LogP) is 5.97. The molecular formula is C21H23Cl4N5. The van der Waals surface area contributed by atoms with Crippen LogP contribution in [-0.4, -0.2) is 45.2 Å². The number of likely N-dealkylation sites (N-methyl/N-ethyl adjacent to an activating group) is 1. The molecule has 0 amide bonds. The molecule has 30 heavy (non-hydrogen) atoms. The van der Waals surface area contributed by atoms with Gasteiger partial charge in [-0.1, -0.05) is 53.4 Å². The Morgan fingerprint density at radius 2 is 1.93 bits per heavy atom. The fraction of sp³-hybridized carbons (Fsp3) is 0.381. The van der Waals surface area contributed by atoms with Crippen LogP contribution in [0.3, 0.4) is 0 Å². The second-order valence-corrected chi connectivity index (χ2v) is 8.78. The molecule has 5 nitrogen and oxygen atoms in total. The lowest BCUT2D eigenvalue weighted by Gasteiger charge is -2.23. The van der Waals surface area contributed by atoms with E-state index in [1.54, 1.807) is 10.7 Å². The standard InChI is InChI=1S/C21H22Cl3N5.ClH/c1-28-10-3-2-5-14(12-28)17-9-8-16(22)11-15(17)13-29-21(25-26-27-29)18-6-4-7-19(23)20(18)24;/h4,6-9,11,14H,2-3,5,10,12-13H2,1H3;1H. The molecule has 1 aliphatic rings. The van der Waals surface area contributed by atoms with Crippen molar-refractivity contribution in [3.05, 3.63) is 62.6 Å². The van der Waals surface area contributed by atoms with E-state index in [2.05, 4.69) is 33.5 Å². The summed E-state index contributed by atoms with van der Waals surface area (Å²) in [4.78, 5) is 2.41. The van der Waals surface area contributed by atoms with Gasteiger partial charge in [0.2, 0.25) is 0 Å². The van der Waals surface area contributed by atoms with Crippen LogP contribution in [0.4, 0.5) is 0 Å². The lowest BCUT2D eigenvalue weighted by molar-refractivity contribution is 0.332. The summed E-state index contributed by atoms with van der Waals surface area (Å²) in [5, 5.41) is 13.9. The number of likely N-dealkylation sites (tertiary alicyclic amines) is 1. The number of nitrogens with zero attached hydrogens (tertiary/aromatic N) is 5. The Hall–Kier alpha value is -1.37. The first-order chi connectivity index (χ1) is 14.0. The van der Waals surface area contributed by atoms with Gasteiger partial charge in [0.25, 0.3) is 0 Å². The number of halogens is 4. The molecule has 0 radical (unpaired) electrons. The van der Waals surface area contributed by atoms with Crippen LogP contribution in [0.25, 0.3) is 11.4 Å². The molecule has 1 saturated heterocycles. The molecule has 1 aromatic heterocycles. The van der Waals surface area contributed by atoms with Crippen molar-refractivity contribution in [1.29, 1.82) is 0 Å². The van der Waals surface area contributed by atoms with Crippen molar-refractivity contribution in [1.82, 2.24) is 25.1 Å². The summed E-state index contributed by atoms with van der Waals surface area (Å²) < 4.78 is 1.76. The van der Waals surface area contributed by atoms with Gasteiger partial charge in [-0.05, 0) is 78.2 Å². The van der Waals surface area contributed by atoms with Gasteiger partial charge in [0.05, 0.1) is 16.6 Å². The highest BCUT2D eigenvalue weighted by Crippen LogP contribution is 2.34. The molecule has 0 spiro atoms. The molecule has 0 N–H and O–H groups in total. The molecule has 1 fully saturated rings. The first kappa shape index (κ1) is 23.3. The summed E-state index contributed by atoms with van der Waals surface area (Å²) in [5.74, 6) is 1.05. The SMILES string of the molecule is CN1CCCCC(c2ccc(Cl)cc2Cn2nnnc2-c2cccc(Cl)c2Cl)C1.Cl. The van der Waals surface area contributed by atoms with Gasteiger partial charge in [-0.2, -0.15) is 0 Å². The largest absolute Gasteiger partial charge is 0.306 e. The first-order valence-electron chi connectivity index (χ1n) is 9.70. The number of hydrogen-bond acceptors (Lipinski definition) is 4. The van der Waals surface area contributed by atoms with Gasteiger partial charge in [-0.15, -0.1) is 17.5 Å². The maximum absolute atomic E-state index is 6.40. The molecule has 0 aliphatic carbocycles. The van der Waals surface area contributed by atoms with E-state index >= 15 is 0 Å². The number of tetrazole rings is 1. The van der Waals surface area contributed by atoms with Crippen LogP contribution in [-0.2, 0) is 6.54 Å². The minimum Gasteiger partial charge on any atom is -0.306 e. The zero-order valence-corrected chi connectivity index (χ0v) is 19.6. The second kappa shape index (κ2) is 10.3. The molecule has 2 aromatic carbocycles. The van der Waals surface area contributed by atoms with E-state index in [1.807, 2.05) is 24.3 Å². The van der Waals surface area contributed by atoms with Gasteiger partial charge in [0, 0.05) is 17.1 Å². The van der Waals surface area contributed by atoms with Gasteiger partial charge < -0.3 is 4.90 Å². The summed E-state index contributed by atoms with van der Waals surface area (Å²) in [6, 6.07) is 11.6. The molecular weight excluding hydrogens is 464 g/mol. The average molecular weight is 487 g/mol. The molecule has 0 saturated carbocycles. The number of rotatable bonds is 4. The molecule has 2 heterocycles. The van der Waals surface area contributed by atoms with Crippen molar-refractivity contribution in [2.45, 2.75) is 31.7 Å². The number of aromatic nitrogens is 4. The van der Waals surface area contributed by atoms with Crippen LogP contribution in [0, 0.1) is 0 Å². The van der Waals surface area contributed by atoms with E-state index in [0.29, 0.717) is 38.9 Å². The molecule has 1 unspecified atom stereocenters. The third-order valence-corrected chi connectivity index (χ3v) is 6.52. The fourth-order valence-electron chi connectivity index (χ4n) is 4.04. The van der Waals surface area contributed by atoms with E-state index in [9.17, 15) is 0 Å². The maximum Gasteiger partial charge on any atom is 0.183 e. The molecule has 9 heteroatoms. The lowest BCUT2D eigenvalue weighted by atomic mass is 9.90. The van der Waals surface area contributed by atoms with E-state index in [4.69, 9.17) is 34.8 Å². The van der Waals surface area contributed by atoms with Crippen LogP contribution in [0.15, 0.2) is 36.4 Å². The topological polar surface area (TPSA) is 46.8 Å². The van der Waals surface area contributed by atoms with E-state index < -0.39 is 0 Å². The van der Waals surface area contributed by atoms with Crippen LogP contribution < -0.4 is 0 Å². The summed E-state index contributed by atoms with van der Waals surface area (Å²) in [6.45, 7) is 2.70. The van der Waals surface area contributed by atoms with Crippen molar-refractivity contribution in [3.8, 4) is 11.4 Å². The Balaban J connectivity index is 0.00000256. The Morgan fingerprint density at radius 1 is 1.10 bits per heavy atom. The molecule has 1 atom stereocenters. The van der Waals surface area contributed by atoms with Gasteiger partial charge in [0.15, 0.2) is 5.82 Å². The van der Waals surface area contributed by atoms with Gasteiger partial charge >= 0.3 is 0 Å². The summed E-state index contributed by atoms with van der Waals surface area (Å²) in [7, 11) is 2.19. The third kappa shape index (κ3) is 5.09. The highest BCUT2D eigenvalue weighted by molar-refractivity contribution is 6.43. The van der Waals surface area contributed by atoms with Gasteiger partial charge in [-0.3, -0.25) is 0 Å². The lowest BCUT2D eigenvalue weighted by Crippen LogP contribution is -2.23. The van der Waals surface area contributed by atoms with E-state index in [-0.39, 0.29) is 12.4 Å².